The van der Waals surface area contributed by atoms with Crippen LogP contribution < -0.4 is 34.0 Å². The Bertz CT molecular complexity index is 352. The van der Waals surface area contributed by atoms with Crippen LogP contribution in [0.5, 0.6) is 0 Å². The molecule has 1 aromatic heterocycles. The summed E-state index contributed by atoms with van der Waals surface area (Å²) in [5.41, 5.74) is 27.6. The predicted octanol–water partition coefficient (Wildman–Crippen LogP) is -1.04. The van der Waals surface area contributed by atoms with Gasteiger partial charge in [-0.05, 0) is 19.3 Å². The quantitative estimate of drug-likeness (QED) is 0.270. The van der Waals surface area contributed by atoms with Crippen molar-refractivity contribution in [2.24, 2.45) is 17.2 Å². The number of hydrogen-bond acceptors (Lipinski definition) is 9. The number of aromatic nitrogens is 3. The molecule has 19 heavy (non-hydrogen) atoms. The molecule has 0 saturated heterocycles. The van der Waals surface area contributed by atoms with Gasteiger partial charge in [-0.3, -0.25) is 0 Å². The summed E-state index contributed by atoms with van der Waals surface area (Å²) in [5, 5.41) is 2.90. The van der Waals surface area contributed by atoms with Gasteiger partial charge in [-0.25, -0.2) is 0 Å². The van der Waals surface area contributed by atoms with Crippen molar-refractivity contribution >= 4 is 30.3 Å². The molecule has 1 aromatic rings. The van der Waals surface area contributed by atoms with Gasteiger partial charge < -0.3 is 34.0 Å². The van der Waals surface area contributed by atoms with E-state index in [0.29, 0.717) is 0 Å². The summed E-state index contributed by atoms with van der Waals surface area (Å²) in [6.45, 7) is 0. The third-order valence-corrected chi connectivity index (χ3v) is 2.29. The number of nitrogens with zero attached hydrogens (tertiary/aromatic N) is 3. The second-order valence-electron chi connectivity index (χ2n) is 4.07. The molecule has 110 valence electrons. The fourth-order valence-electron chi connectivity index (χ4n) is 1.46. The van der Waals surface area contributed by atoms with E-state index in [2.05, 4.69) is 20.3 Å². The van der Waals surface area contributed by atoms with Gasteiger partial charge in [0.25, 0.3) is 0 Å². The van der Waals surface area contributed by atoms with Crippen LogP contribution in [0, 0.1) is 0 Å². The average Bonchev–Trinajstić information content (AvgIpc) is 2.22. The molecule has 0 aliphatic heterocycles. The highest BCUT2D eigenvalue weighted by Crippen LogP contribution is 2.07. The predicted molar refractivity (Wildman–Crippen MR) is 78.1 cm³/mol. The Hall–Kier alpha value is -1.42. The molecule has 0 aliphatic rings. The van der Waals surface area contributed by atoms with Gasteiger partial charge in [0.15, 0.2) is 0 Å². The van der Waals surface area contributed by atoms with Crippen LogP contribution in [-0.2, 0) is 0 Å². The molecule has 0 amide bonds. The number of nitrogens with two attached hydrogens (primary N) is 5. The lowest BCUT2D eigenvalue weighted by atomic mass is 10.1. The maximum Gasteiger partial charge on any atom is 0.230 e. The standard InChI is InChI=1S/C9H21N9.ClH/c10-5(11)3-1-2-4-6(12)15-9-17-7(13)16-8(14)18-9;/h5-6H,1-4,10-12H2,(H5,13,14,15,16,17,18);1H. The third kappa shape index (κ3) is 7.57. The van der Waals surface area contributed by atoms with Gasteiger partial charge in [-0.1, -0.05) is 6.42 Å². The number of anilines is 3. The van der Waals surface area contributed by atoms with Gasteiger partial charge >= 0.3 is 0 Å². The lowest BCUT2D eigenvalue weighted by Crippen LogP contribution is -2.32. The highest BCUT2D eigenvalue weighted by molar-refractivity contribution is 5.85. The fraction of sp³-hybridized carbons (Fsp3) is 0.667. The zero-order valence-electron chi connectivity index (χ0n) is 10.6. The van der Waals surface area contributed by atoms with Crippen molar-refractivity contribution in [2.75, 3.05) is 16.8 Å². The molecule has 1 heterocycles. The van der Waals surface area contributed by atoms with Crippen LogP contribution in [-0.4, -0.2) is 27.3 Å². The van der Waals surface area contributed by atoms with E-state index in [1.54, 1.807) is 0 Å². The Labute approximate surface area is 118 Å². The topological polar surface area (TPSA) is 181 Å². The van der Waals surface area contributed by atoms with Gasteiger partial charge in [-0.15, -0.1) is 12.4 Å². The normalized spacial score (nSPS) is 12.0. The molecular weight excluding hydrogens is 270 g/mol. The molecule has 0 bridgehead atoms. The van der Waals surface area contributed by atoms with Crippen molar-refractivity contribution in [3.8, 4) is 0 Å². The van der Waals surface area contributed by atoms with Crippen LogP contribution >= 0.6 is 12.4 Å². The second kappa shape index (κ2) is 8.64. The van der Waals surface area contributed by atoms with Crippen molar-refractivity contribution in [1.82, 2.24) is 15.0 Å². The second-order valence-corrected chi connectivity index (χ2v) is 4.07. The van der Waals surface area contributed by atoms with E-state index in [9.17, 15) is 0 Å². The summed E-state index contributed by atoms with van der Waals surface area (Å²) in [4.78, 5) is 11.4. The number of nitrogen functional groups attached to an aromatic ring is 2. The summed E-state index contributed by atoms with van der Waals surface area (Å²) < 4.78 is 0. The lowest BCUT2D eigenvalue weighted by molar-refractivity contribution is 0.539. The minimum Gasteiger partial charge on any atom is -0.368 e. The van der Waals surface area contributed by atoms with Gasteiger partial charge in [0.05, 0.1) is 12.3 Å². The Morgan fingerprint density at radius 3 is 1.95 bits per heavy atom. The van der Waals surface area contributed by atoms with Crippen molar-refractivity contribution in [3.05, 3.63) is 0 Å². The van der Waals surface area contributed by atoms with Crippen LogP contribution in [0.25, 0.3) is 0 Å². The smallest absolute Gasteiger partial charge is 0.230 e. The first kappa shape index (κ1) is 17.6. The van der Waals surface area contributed by atoms with Gasteiger partial charge in [0, 0.05) is 0 Å². The highest BCUT2D eigenvalue weighted by atomic mass is 35.5. The highest BCUT2D eigenvalue weighted by Gasteiger charge is 2.07. The fourth-order valence-corrected chi connectivity index (χ4v) is 1.46. The molecule has 0 aliphatic carbocycles. The van der Waals surface area contributed by atoms with Gasteiger partial charge in [0.1, 0.15) is 0 Å². The van der Waals surface area contributed by atoms with Gasteiger partial charge in [0.2, 0.25) is 17.8 Å². The Balaban J connectivity index is 0.00000324. The molecule has 0 saturated carbocycles. The van der Waals surface area contributed by atoms with Crippen molar-refractivity contribution in [2.45, 2.75) is 38.0 Å². The summed E-state index contributed by atoms with van der Waals surface area (Å²) in [6.07, 6.45) is 2.82. The van der Waals surface area contributed by atoms with Crippen LogP contribution in [0.3, 0.4) is 0 Å². The van der Waals surface area contributed by atoms with Crippen LogP contribution in [0.1, 0.15) is 25.7 Å². The van der Waals surface area contributed by atoms with E-state index in [0.717, 1.165) is 25.7 Å². The summed E-state index contributed by atoms with van der Waals surface area (Å²) >= 11 is 0. The maximum atomic E-state index is 5.87. The minimum absolute atomic E-state index is 0. The van der Waals surface area contributed by atoms with Crippen molar-refractivity contribution < 1.29 is 0 Å². The molecule has 0 aromatic carbocycles. The monoisotopic (exact) mass is 291 g/mol. The zero-order valence-corrected chi connectivity index (χ0v) is 11.4. The molecule has 1 rings (SSSR count). The summed E-state index contributed by atoms with van der Waals surface area (Å²) in [7, 11) is 0. The first-order valence-corrected chi connectivity index (χ1v) is 5.77. The van der Waals surface area contributed by atoms with E-state index in [1.165, 1.54) is 0 Å². The number of unbranched alkanes of at least 4 members (excludes halogenated alkanes) is 1. The molecule has 0 radical (unpaired) electrons. The van der Waals surface area contributed by atoms with E-state index in [4.69, 9.17) is 28.7 Å². The summed E-state index contributed by atoms with van der Waals surface area (Å²) in [5.74, 6) is 0.403. The van der Waals surface area contributed by atoms with Gasteiger partial charge in [-0.2, -0.15) is 15.0 Å². The first-order chi connectivity index (χ1) is 8.47. The number of halogens is 1. The molecule has 1 atom stereocenters. The average molecular weight is 292 g/mol. The minimum atomic E-state index is -0.278. The largest absolute Gasteiger partial charge is 0.368 e. The van der Waals surface area contributed by atoms with Crippen LogP contribution in [0.15, 0.2) is 0 Å². The van der Waals surface area contributed by atoms with E-state index in [-0.39, 0.29) is 42.6 Å². The maximum absolute atomic E-state index is 5.87. The van der Waals surface area contributed by atoms with E-state index >= 15 is 0 Å². The first-order valence-electron chi connectivity index (χ1n) is 5.77. The third-order valence-electron chi connectivity index (χ3n) is 2.29. The molecule has 9 nitrogen and oxygen atoms in total. The summed E-state index contributed by atoms with van der Waals surface area (Å²) in [6, 6.07) is 0. The molecule has 1 unspecified atom stereocenters. The van der Waals surface area contributed by atoms with Crippen molar-refractivity contribution in [3.63, 3.8) is 0 Å². The van der Waals surface area contributed by atoms with Crippen LogP contribution in [0.2, 0.25) is 0 Å². The number of nitrogens with one attached hydrogen (secondary N) is 1. The number of rotatable bonds is 7. The lowest BCUT2D eigenvalue weighted by Gasteiger charge is -2.14. The molecule has 0 fully saturated rings. The Morgan fingerprint density at radius 1 is 0.895 bits per heavy atom. The zero-order chi connectivity index (χ0) is 13.5. The van der Waals surface area contributed by atoms with Crippen molar-refractivity contribution in [1.29, 1.82) is 0 Å². The van der Waals surface area contributed by atoms with E-state index < -0.39 is 0 Å². The van der Waals surface area contributed by atoms with Crippen LogP contribution in [0.4, 0.5) is 17.8 Å². The number of hydrogen-bond donors (Lipinski definition) is 6. The Kier molecular flexibility index (Phi) is 8.00. The molecule has 11 N–H and O–H groups in total. The SMILES string of the molecule is Cl.Nc1nc(N)nc(NC(N)CCCCC(N)N)n1. The molecule has 0 spiro atoms. The Morgan fingerprint density at radius 2 is 1.42 bits per heavy atom. The molecular formula is C9H22ClN9. The molecule has 10 heteroatoms. The van der Waals surface area contributed by atoms with E-state index in [1.807, 2.05) is 0 Å².